The van der Waals surface area contributed by atoms with Crippen molar-refractivity contribution in [2.75, 3.05) is 10.6 Å². The van der Waals surface area contributed by atoms with Gasteiger partial charge in [0, 0.05) is 4.90 Å². The van der Waals surface area contributed by atoms with E-state index in [0.29, 0.717) is 0 Å². The minimum absolute atomic E-state index is 0.0277. The van der Waals surface area contributed by atoms with Crippen molar-refractivity contribution in [1.29, 1.82) is 0 Å². The molecule has 0 aromatic heterocycles. The van der Waals surface area contributed by atoms with Crippen LogP contribution in [0.5, 0.6) is 0 Å². The molecule has 0 fully saturated rings. The van der Waals surface area contributed by atoms with E-state index in [0.717, 1.165) is 16.1 Å². The first-order valence-electron chi connectivity index (χ1n) is 7.88. The maximum Gasteiger partial charge on any atom is 0.337 e. The van der Waals surface area contributed by atoms with Crippen LogP contribution in [-0.2, 0) is 9.59 Å². The van der Waals surface area contributed by atoms with Crippen molar-refractivity contribution in [2.24, 2.45) is 0 Å². The first kappa shape index (κ1) is 17.8. The number of benzene rings is 2. The molecular weight excluding hydrogens is 354 g/mol. The van der Waals surface area contributed by atoms with Gasteiger partial charge in [0.2, 0.25) is 11.8 Å². The second kappa shape index (κ2) is 7.49. The highest BCUT2D eigenvalue weighted by atomic mass is 32.2. The molecule has 3 rings (SSSR count). The lowest BCUT2D eigenvalue weighted by atomic mass is 10.2. The number of fused-ring (bicyclic) bond motifs is 1. The van der Waals surface area contributed by atoms with E-state index in [1.807, 2.05) is 25.1 Å². The molecule has 0 unspecified atom stereocenters. The Morgan fingerprint density at radius 3 is 2.69 bits per heavy atom. The zero-order valence-electron chi connectivity index (χ0n) is 13.9. The Labute approximate surface area is 154 Å². The number of carboxylic acid groups (broad SMARTS) is 1. The van der Waals surface area contributed by atoms with Crippen molar-refractivity contribution >= 4 is 40.9 Å². The Kier molecular flexibility index (Phi) is 5.13. The summed E-state index contributed by atoms with van der Waals surface area (Å²) in [6, 6.07) is 12.0. The van der Waals surface area contributed by atoms with Crippen LogP contribution < -0.4 is 16.0 Å². The molecule has 134 valence electrons. The van der Waals surface area contributed by atoms with E-state index in [1.165, 1.54) is 23.9 Å². The lowest BCUT2D eigenvalue weighted by Crippen LogP contribution is -2.37. The van der Waals surface area contributed by atoms with Crippen molar-refractivity contribution in [3.8, 4) is 0 Å². The lowest BCUT2D eigenvalue weighted by molar-refractivity contribution is -0.126. The Morgan fingerprint density at radius 1 is 1.15 bits per heavy atom. The summed E-state index contributed by atoms with van der Waals surface area (Å²) < 4.78 is 0. The molecule has 0 saturated heterocycles. The van der Waals surface area contributed by atoms with Crippen molar-refractivity contribution < 1.29 is 19.5 Å². The van der Waals surface area contributed by atoms with Crippen LogP contribution in [0.3, 0.4) is 0 Å². The molecular formula is C18H17N3O4S. The quantitative estimate of drug-likeness (QED) is 0.602. The average molecular weight is 371 g/mol. The Morgan fingerprint density at radius 2 is 1.92 bits per heavy atom. The Hall–Kier alpha value is -3.00. The zero-order chi connectivity index (χ0) is 18.7. The largest absolute Gasteiger partial charge is 0.478 e. The van der Waals surface area contributed by atoms with E-state index in [-0.39, 0.29) is 16.7 Å². The highest BCUT2D eigenvalue weighted by molar-refractivity contribution is 8.00. The summed E-state index contributed by atoms with van der Waals surface area (Å²) in [6.45, 7) is 1.99. The van der Waals surface area contributed by atoms with E-state index >= 15 is 0 Å². The van der Waals surface area contributed by atoms with Crippen molar-refractivity contribution in [3.63, 3.8) is 0 Å². The van der Waals surface area contributed by atoms with Gasteiger partial charge >= 0.3 is 5.97 Å². The first-order valence-corrected chi connectivity index (χ1v) is 8.76. The number of anilines is 2. The maximum atomic E-state index is 12.1. The van der Waals surface area contributed by atoms with Gasteiger partial charge in [0.1, 0.15) is 6.42 Å². The van der Waals surface area contributed by atoms with Gasteiger partial charge in [0.15, 0.2) is 5.50 Å². The van der Waals surface area contributed by atoms with Crippen LogP contribution in [0.2, 0.25) is 0 Å². The van der Waals surface area contributed by atoms with Gasteiger partial charge in [0.25, 0.3) is 0 Å². The van der Waals surface area contributed by atoms with Gasteiger partial charge in [-0.1, -0.05) is 30.0 Å². The van der Waals surface area contributed by atoms with Gasteiger partial charge in [-0.2, -0.15) is 0 Å². The molecule has 7 nitrogen and oxygen atoms in total. The third kappa shape index (κ3) is 4.15. The van der Waals surface area contributed by atoms with Crippen LogP contribution >= 0.6 is 11.8 Å². The third-order valence-electron chi connectivity index (χ3n) is 3.71. The highest BCUT2D eigenvalue weighted by Gasteiger charge is 2.23. The lowest BCUT2D eigenvalue weighted by Gasteiger charge is -2.13. The fourth-order valence-electron chi connectivity index (χ4n) is 2.53. The molecule has 0 radical (unpaired) electrons. The van der Waals surface area contributed by atoms with Gasteiger partial charge in [-0.25, -0.2) is 4.79 Å². The number of hydrogen-bond acceptors (Lipinski definition) is 5. The fraction of sp³-hybridized carbons (Fsp3) is 0.167. The summed E-state index contributed by atoms with van der Waals surface area (Å²) in [7, 11) is 0. The molecule has 1 aliphatic rings. The number of thioether (sulfide) groups is 1. The van der Waals surface area contributed by atoms with Crippen LogP contribution in [0, 0.1) is 6.92 Å². The van der Waals surface area contributed by atoms with Gasteiger partial charge in [-0.3, -0.25) is 9.59 Å². The average Bonchev–Trinajstić information content (AvgIpc) is 2.95. The minimum atomic E-state index is -1.15. The van der Waals surface area contributed by atoms with Crippen LogP contribution in [-0.4, -0.2) is 28.4 Å². The summed E-state index contributed by atoms with van der Waals surface area (Å²) in [5.41, 5.74) is 1.85. The molecule has 1 atom stereocenters. The number of carbonyl (C=O) groups is 3. The summed E-state index contributed by atoms with van der Waals surface area (Å²) in [4.78, 5) is 36.3. The number of aromatic carboxylic acids is 1. The SMILES string of the molecule is Cc1ccc2c(c1)S[C@H](NC(=O)CC(=O)Nc1ccccc1C(=O)O)N2. The second-order valence-electron chi connectivity index (χ2n) is 5.79. The standard InChI is InChI=1S/C18H17N3O4S/c1-10-6-7-13-14(8-10)26-18(20-13)21-16(23)9-15(22)19-12-5-3-2-4-11(12)17(24)25/h2-8,18,20H,9H2,1H3,(H,19,22)(H,21,23)(H,24,25)/t18-/m0/s1. The maximum absolute atomic E-state index is 12.1. The van der Waals surface area contributed by atoms with Gasteiger partial charge in [-0.15, -0.1) is 0 Å². The Balaban J connectivity index is 1.54. The predicted molar refractivity (Wildman–Crippen MR) is 99.2 cm³/mol. The molecule has 0 spiro atoms. The van der Waals surface area contributed by atoms with Crippen molar-refractivity contribution in [2.45, 2.75) is 23.7 Å². The van der Waals surface area contributed by atoms with Gasteiger partial charge in [-0.05, 0) is 36.8 Å². The molecule has 8 heteroatoms. The van der Waals surface area contributed by atoms with E-state index in [1.54, 1.807) is 12.1 Å². The number of rotatable bonds is 5. The van der Waals surface area contributed by atoms with Crippen molar-refractivity contribution in [1.82, 2.24) is 5.32 Å². The third-order valence-corrected chi connectivity index (χ3v) is 4.78. The second-order valence-corrected chi connectivity index (χ2v) is 6.93. The van der Waals surface area contributed by atoms with Crippen LogP contribution in [0.15, 0.2) is 47.4 Å². The molecule has 0 saturated carbocycles. The number of aryl methyl sites for hydroxylation is 1. The molecule has 2 aromatic carbocycles. The van der Waals surface area contributed by atoms with Crippen molar-refractivity contribution in [3.05, 3.63) is 53.6 Å². The number of carboxylic acids is 1. The minimum Gasteiger partial charge on any atom is -0.478 e. The number of hydrogen-bond donors (Lipinski definition) is 4. The van der Waals surface area contributed by atoms with Crippen LogP contribution in [0.1, 0.15) is 22.3 Å². The molecule has 2 aromatic rings. The molecule has 1 aliphatic heterocycles. The van der Waals surface area contributed by atoms with Gasteiger partial charge < -0.3 is 21.1 Å². The van der Waals surface area contributed by atoms with E-state index < -0.39 is 24.2 Å². The smallest absolute Gasteiger partial charge is 0.337 e. The van der Waals surface area contributed by atoms with Gasteiger partial charge in [0.05, 0.1) is 16.9 Å². The monoisotopic (exact) mass is 371 g/mol. The summed E-state index contributed by atoms with van der Waals surface area (Å²) in [6.07, 6.45) is -0.401. The summed E-state index contributed by atoms with van der Waals surface area (Å²) in [5.74, 6) is -2.18. The molecule has 0 bridgehead atoms. The summed E-state index contributed by atoms with van der Waals surface area (Å²) in [5, 5.41) is 17.5. The number of carbonyl (C=O) groups excluding carboxylic acids is 2. The molecule has 26 heavy (non-hydrogen) atoms. The number of para-hydroxylation sites is 1. The zero-order valence-corrected chi connectivity index (χ0v) is 14.7. The normalized spacial score (nSPS) is 14.9. The first-order chi connectivity index (χ1) is 12.4. The van der Waals surface area contributed by atoms with E-state index in [9.17, 15) is 14.4 Å². The fourth-order valence-corrected chi connectivity index (χ4v) is 3.66. The molecule has 1 heterocycles. The number of nitrogens with one attached hydrogen (secondary N) is 3. The number of amides is 2. The van der Waals surface area contributed by atoms with Crippen LogP contribution in [0.4, 0.5) is 11.4 Å². The predicted octanol–water partition coefficient (Wildman–Crippen LogP) is 2.64. The van der Waals surface area contributed by atoms with Crippen LogP contribution in [0.25, 0.3) is 0 Å². The van der Waals surface area contributed by atoms with E-state index in [4.69, 9.17) is 5.11 Å². The molecule has 4 N–H and O–H groups in total. The molecule has 2 amide bonds. The topological polar surface area (TPSA) is 108 Å². The Bertz CT molecular complexity index is 884. The van der Waals surface area contributed by atoms with E-state index in [2.05, 4.69) is 16.0 Å². The molecule has 0 aliphatic carbocycles. The summed E-state index contributed by atoms with van der Waals surface area (Å²) >= 11 is 1.46. The highest BCUT2D eigenvalue weighted by Crippen LogP contribution is 2.37.